The molecule has 1 fully saturated rings. The van der Waals surface area contributed by atoms with Gasteiger partial charge in [0.2, 0.25) is 5.91 Å². The highest BCUT2D eigenvalue weighted by atomic mass is 19.1. The summed E-state index contributed by atoms with van der Waals surface area (Å²) in [5.41, 5.74) is -0.251. The summed E-state index contributed by atoms with van der Waals surface area (Å²) in [7, 11) is 0. The van der Waals surface area contributed by atoms with Crippen molar-refractivity contribution >= 4 is 11.7 Å². The topological polar surface area (TPSA) is 39.7 Å². The zero-order valence-electron chi connectivity index (χ0n) is 17.5. The molecule has 0 bridgehead atoms. The fourth-order valence-corrected chi connectivity index (χ4v) is 3.55. The summed E-state index contributed by atoms with van der Waals surface area (Å²) in [6.07, 6.45) is 3.09. The molecule has 1 amide bonds. The number of hydrogen-bond donors (Lipinski definition) is 0. The smallest absolute Gasteiger partial charge is 0.228 e. The normalized spacial score (nSPS) is 16.7. The first-order valence-electron chi connectivity index (χ1n) is 10.1. The van der Waals surface area contributed by atoms with Crippen molar-refractivity contribution in [1.82, 2.24) is 14.8 Å². The van der Waals surface area contributed by atoms with Gasteiger partial charge in [-0.05, 0) is 44.9 Å². The van der Waals surface area contributed by atoms with E-state index in [2.05, 4.69) is 42.5 Å². The first-order chi connectivity index (χ1) is 12.7. The van der Waals surface area contributed by atoms with Crippen LogP contribution in [0.1, 0.15) is 47.5 Å². The summed E-state index contributed by atoms with van der Waals surface area (Å²) in [5, 5.41) is 0. The maximum atomic E-state index is 14.3. The molecule has 5 nitrogen and oxygen atoms in total. The predicted molar refractivity (Wildman–Crippen MR) is 108 cm³/mol. The van der Waals surface area contributed by atoms with Crippen LogP contribution in [0.15, 0.2) is 18.3 Å². The van der Waals surface area contributed by atoms with Crippen LogP contribution >= 0.6 is 0 Å². The van der Waals surface area contributed by atoms with Gasteiger partial charge in [0.15, 0.2) is 11.6 Å². The molecule has 0 atom stereocenters. The van der Waals surface area contributed by atoms with Crippen molar-refractivity contribution in [3.8, 4) is 0 Å². The van der Waals surface area contributed by atoms with Crippen molar-refractivity contribution < 1.29 is 9.18 Å². The van der Waals surface area contributed by atoms with Crippen LogP contribution in [-0.4, -0.2) is 65.5 Å². The van der Waals surface area contributed by atoms with Crippen LogP contribution < -0.4 is 4.90 Å². The van der Waals surface area contributed by atoms with Gasteiger partial charge in [0.05, 0.1) is 0 Å². The zero-order valence-corrected chi connectivity index (χ0v) is 17.5. The van der Waals surface area contributed by atoms with Crippen molar-refractivity contribution in [3.05, 3.63) is 24.1 Å². The van der Waals surface area contributed by atoms with Crippen LogP contribution in [0.25, 0.3) is 0 Å². The Balaban J connectivity index is 2.04. The number of halogens is 1. The van der Waals surface area contributed by atoms with E-state index in [0.717, 1.165) is 38.6 Å². The maximum absolute atomic E-state index is 14.3. The highest BCUT2D eigenvalue weighted by molar-refractivity contribution is 5.92. The van der Waals surface area contributed by atoms with Crippen molar-refractivity contribution in [2.24, 2.45) is 5.92 Å². The lowest BCUT2D eigenvalue weighted by atomic mass is 10.00. The molecule has 0 radical (unpaired) electrons. The van der Waals surface area contributed by atoms with E-state index in [1.165, 1.54) is 23.6 Å². The first-order valence-corrected chi connectivity index (χ1v) is 10.1. The highest BCUT2D eigenvalue weighted by Crippen LogP contribution is 2.24. The number of nitrogens with zero attached hydrogens (tertiary/aromatic N) is 4. The number of carbonyl (C=O) groups excluding carboxylic acids is 1. The molecule has 0 spiro atoms. The fourth-order valence-electron chi connectivity index (χ4n) is 3.55. The third-order valence-electron chi connectivity index (χ3n) is 5.39. The van der Waals surface area contributed by atoms with E-state index < -0.39 is 5.82 Å². The Bertz CT molecular complexity index is 612. The predicted octanol–water partition coefficient (Wildman–Crippen LogP) is 3.41. The average molecular weight is 379 g/mol. The number of carbonyl (C=O) groups is 1. The molecule has 152 valence electrons. The SMILES string of the molecule is CCC(=O)N(CC(C)(C)N1CCN(CCC(C)C)CC1)c1ncccc1F. The Morgan fingerprint density at radius 1 is 1.30 bits per heavy atom. The molecule has 0 aliphatic carbocycles. The molecule has 1 aromatic heterocycles. The van der Waals surface area contributed by atoms with Gasteiger partial charge in [0.1, 0.15) is 0 Å². The minimum absolute atomic E-state index is 0.101. The second kappa shape index (κ2) is 9.60. The zero-order chi connectivity index (χ0) is 20.0. The maximum Gasteiger partial charge on any atom is 0.228 e. The Labute approximate surface area is 163 Å². The van der Waals surface area contributed by atoms with Crippen LogP contribution in [0.5, 0.6) is 0 Å². The largest absolute Gasteiger partial charge is 0.301 e. The van der Waals surface area contributed by atoms with Crippen molar-refractivity contribution in [3.63, 3.8) is 0 Å². The van der Waals surface area contributed by atoms with E-state index in [0.29, 0.717) is 13.0 Å². The third kappa shape index (κ3) is 5.98. The first kappa shape index (κ1) is 21.8. The summed E-state index contributed by atoms with van der Waals surface area (Å²) >= 11 is 0. The van der Waals surface area contributed by atoms with E-state index in [9.17, 15) is 9.18 Å². The average Bonchev–Trinajstić information content (AvgIpc) is 2.65. The lowest BCUT2D eigenvalue weighted by Gasteiger charge is -2.46. The van der Waals surface area contributed by atoms with Crippen molar-refractivity contribution in [2.75, 3.05) is 44.2 Å². The number of pyridine rings is 1. The molecular weight excluding hydrogens is 343 g/mol. The quantitative estimate of drug-likeness (QED) is 0.695. The van der Waals surface area contributed by atoms with Gasteiger partial charge in [0, 0.05) is 50.9 Å². The van der Waals surface area contributed by atoms with Crippen molar-refractivity contribution in [1.29, 1.82) is 0 Å². The van der Waals surface area contributed by atoms with Gasteiger partial charge in [-0.2, -0.15) is 0 Å². The van der Waals surface area contributed by atoms with E-state index in [1.54, 1.807) is 13.0 Å². The molecule has 2 heterocycles. The van der Waals surface area contributed by atoms with Crippen LogP contribution in [0, 0.1) is 11.7 Å². The van der Waals surface area contributed by atoms with Crippen molar-refractivity contribution in [2.45, 2.75) is 53.0 Å². The van der Waals surface area contributed by atoms with Gasteiger partial charge in [-0.1, -0.05) is 20.8 Å². The van der Waals surface area contributed by atoms with Gasteiger partial charge in [0.25, 0.3) is 0 Å². The van der Waals surface area contributed by atoms with E-state index >= 15 is 0 Å². The van der Waals surface area contributed by atoms with Gasteiger partial charge >= 0.3 is 0 Å². The molecule has 0 saturated carbocycles. The molecule has 1 saturated heterocycles. The molecule has 1 aliphatic rings. The number of hydrogen-bond acceptors (Lipinski definition) is 4. The standard InChI is InChI=1S/C21H35FN4O/c1-6-19(27)26(20-18(22)8-7-10-23-20)16-21(4,5)25-14-12-24(13-15-25)11-9-17(2)3/h7-8,10,17H,6,9,11-16H2,1-5H3. The number of anilines is 1. The van der Waals surface area contributed by atoms with Gasteiger partial charge in [-0.25, -0.2) is 9.37 Å². The molecule has 0 aromatic carbocycles. The van der Waals surface area contributed by atoms with E-state index in [1.807, 2.05) is 0 Å². The second-order valence-corrected chi connectivity index (χ2v) is 8.47. The van der Waals surface area contributed by atoms with Crippen LogP contribution in [0.4, 0.5) is 10.2 Å². The lowest BCUT2D eigenvalue weighted by molar-refractivity contribution is -0.118. The molecule has 27 heavy (non-hydrogen) atoms. The summed E-state index contributed by atoms with van der Waals surface area (Å²) < 4.78 is 14.3. The van der Waals surface area contributed by atoms with Gasteiger partial charge < -0.3 is 4.90 Å². The van der Waals surface area contributed by atoms with Crippen LogP contribution in [0.2, 0.25) is 0 Å². The number of piperazine rings is 1. The molecule has 1 aliphatic heterocycles. The lowest BCUT2D eigenvalue weighted by Crippen LogP contribution is -2.59. The fraction of sp³-hybridized carbons (Fsp3) is 0.714. The molecular formula is C21H35FN4O. The van der Waals surface area contributed by atoms with E-state index in [4.69, 9.17) is 0 Å². The van der Waals surface area contributed by atoms with Gasteiger partial charge in [-0.3, -0.25) is 14.6 Å². The Morgan fingerprint density at radius 2 is 1.96 bits per heavy atom. The number of aromatic nitrogens is 1. The molecule has 0 unspecified atom stereocenters. The number of rotatable bonds is 8. The molecule has 0 N–H and O–H groups in total. The summed E-state index contributed by atoms with van der Waals surface area (Å²) in [6.45, 7) is 16.2. The van der Waals surface area contributed by atoms with Crippen LogP contribution in [-0.2, 0) is 4.79 Å². The minimum atomic E-state index is -0.450. The molecule has 2 rings (SSSR count). The molecule has 6 heteroatoms. The Kier molecular flexibility index (Phi) is 7.74. The van der Waals surface area contributed by atoms with Crippen LogP contribution in [0.3, 0.4) is 0 Å². The summed E-state index contributed by atoms with van der Waals surface area (Å²) in [5.74, 6) is 0.305. The molecule has 1 aromatic rings. The van der Waals surface area contributed by atoms with Gasteiger partial charge in [-0.15, -0.1) is 0 Å². The Hall–Kier alpha value is -1.53. The summed E-state index contributed by atoms with van der Waals surface area (Å²) in [4.78, 5) is 23.1. The third-order valence-corrected chi connectivity index (χ3v) is 5.39. The van der Waals surface area contributed by atoms with E-state index in [-0.39, 0.29) is 17.3 Å². The second-order valence-electron chi connectivity index (χ2n) is 8.47. The highest BCUT2D eigenvalue weighted by Gasteiger charge is 2.34. The summed E-state index contributed by atoms with van der Waals surface area (Å²) in [6, 6.07) is 2.91. The number of amides is 1. The Morgan fingerprint density at radius 3 is 2.52 bits per heavy atom. The monoisotopic (exact) mass is 378 g/mol. The minimum Gasteiger partial charge on any atom is -0.301 e.